The predicted octanol–water partition coefficient (Wildman–Crippen LogP) is 7.37. The zero-order valence-electron chi connectivity index (χ0n) is 48.8. The number of pyridine rings is 1. The molecule has 85 heavy (non-hydrogen) atoms. The maximum Gasteiger partial charge on any atom is 0.264 e. The van der Waals surface area contributed by atoms with Gasteiger partial charge in [0.2, 0.25) is 29.5 Å². The molecule has 2 saturated carbocycles. The van der Waals surface area contributed by atoms with Gasteiger partial charge in [-0.3, -0.25) is 48.6 Å². The lowest BCUT2D eigenvalue weighted by Crippen LogP contribution is -2.58. The van der Waals surface area contributed by atoms with Gasteiger partial charge in [0.05, 0.1) is 45.7 Å². The maximum atomic E-state index is 16.0. The van der Waals surface area contributed by atoms with Crippen molar-refractivity contribution < 1.29 is 42.7 Å². The van der Waals surface area contributed by atoms with Gasteiger partial charge in [-0.05, 0) is 159 Å². The average Bonchev–Trinajstić information content (AvgIpc) is 1.63. The molecule has 21 heteroatoms. The molecule has 1 spiro atoms. The van der Waals surface area contributed by atoms with Crippen LogP contribution in [0.2, 0.25) is 0 Å². The lowest BCUT2D eigenvalue weighted by molar-refractivity contribution is -0.141. The molecule has 8 aliphatic rings. The smallest absolute Gasteiger partial charge is 0.264 e. The highest BCUT2D eigenvalue weighted by molar-refractivity contribution is 6.25. The van der Waals surface area contributed by atoms with Crippen LogP contribution in [-0.2, 0) is 29.4 Å². The molecule has 5 aromatic rings. The van der Waals surface area contributed by atoms with E-state index in [4.69, 9.17) is 9.97 Å². The van der Waals surface area contributed by atoms with Crippen molar-refractivity contribution in [2.75, 3.05) is 54.8 Å². The second-order valence-corrected chi connectivity index (χ2v) is 25.5. The third kappa shape index (κ3) is 9.79. The molecular weight excluding hydrogens is 1080 g/mol. The fourth-order valence-electron chi connectivity index (χ4n) is 14.7. The van der Waals surface area contributed by atoms with Crippen molar-refractivity contribution in [1.29, 1.82) is 0 Å². The SMILES string of the molecule is Cc1cc(F)c(Nc2nc(-c3ccc4c(c3)N(C3CC(N5CCCCC5)C3)C(=O)C43CCN(C(=O)C4CCN(C(=O)C5CC(Nc6cccc7c6C(=O)N([C@H]6CCC(=O)NC6=O)C7=O)C5)C4)CC3)cc3ncn(C(C)C)c23)cc1C(=O)NC(C)C. The monoisotopic (exact) mass is 1160 g/mol. The third-order valence-electron chi connectivity index (χ3n) is 19.5. The highest BCUT2D eigenvalue weighted by Crippen LogP contribution is 2.53. The maximum absolute atomic E-state index is 16.0. The zero-order valence-corrected chi connectivity index (χ0v) is 48.8. The van der Waals surface area contributed by atoms with Crippen molar-refractivity contribution in [1.82, 2.24) is 44.8 Å². The quantitative estimate of drug-likeness (QED) is 0.0845. The molecule has 1 unspecified atom stereocenters. The molecule has 13 rings (SSSR count). The summed E-state index contributed by atoms with van der Waals surface area (Å²) in [7, 11) is 0. The first-order chi connectivity index (χ1) is 40.8. The Morgan fingerprint density at radius 2 is 1.53 bits per heavy atom. The van der Waals surface area contributed by atoms with E-state index in [1.807, 2.05) is 49.3 Å². The van der Waals surface area contributed by atoms with Crippen LogP contribution in [0.25, 0.3) is 22.3 Å². The minimum absolute atomic E-state index is 0.00367. The van der Waals surface area contributed by atoms with Crippen LogP contribution in [0.4, 0.5) is 27.3 Å². The summed E-state index contributed by atoms with van der Waals surface area (Å²) in [5.74, 6) is -3.36. The number of aromatic nitrogens is 3. The molecule has 0 radical (unpaired) electrons. The van der Waals surface area contributed by atoms with Crippen molar-refractivity contribution in [3.63, 3.8) is 0 Å². The van der Waals surface area contributed by atoms with Crippen LogP contribution < -0.4 is 26.2 Å². The van der Waals surface area contributed by atoms with Crippen LogP contribution in [-0.4, -0.2) is 151 Å². The van der Waals surface area contributed by atoms with Crippen LogP contribution in [0.3, 0.4) is 0 Å². The van der Waals surface area contributed by atoms with Crippen molar-refractivity contribution in [3.8, 4) is 11.3 Å². The molecule has 4 N–H and O–H groups in total. The molecule has 8 heterocycles. The highest BCUT2D eigenvalue weighted by atomic mass is 19.1. The second kappa shape index (κ2) is 21.8. The van der Waals surface area contributed by atoms with E-state index >= 15 is 9.18 Å². The van der Waals surface area contributed by atoms with E-state index in [2.05, 4.69) is 43.2 Å². The number of likely N-dealkylation sites (tertiary alicyclic amines) is 3. The van der Waals surface area contributed by atoms with Gasteiger partial charge in [-0.15, -0.1) is 0 Å². The lowest BCUT2D eigenvalue weighted by atomic mass is 9.73. The van der Waals surface area contributed by atoms with E-state index in [0.29, 0.717) is 104 Å². The fraction of sp³-hybridized carbons (Fsp3) is 0.500. The molecule has 6 aliphatic heterocycles. The van der Waals surface area contributed by atoms with Gasteiger partial charge in [0.1, 0.15) is 17.4 Å². The molecule has 0 bridgehead atoms. The molecule has 2 aliphatic carbocycles. The number of hydrogen-bond acceptors (Lipinski definition) is 13. The van der Waals surface area contributed by atoms with Gasteiger partial charge >= 0.3 is 0 Å². The third-order valence-corrected chi connectivity index (χ3v) is 19.5. The number of anilines is 4. The molecule has 20 nitrogen and oxygen atoms in total. The number of amides is 8. The Bertz CT molecular complexity index is 3630. The molecule has 6 fully saturated rings. The van der Waals surface area contributed by atoms with Crippen LogP contribution in [0.15, 0.2) is 60.9 Å². The number of benzene rings is 3. The molecule has 3 aromatic carbocycles. The first kappa shape index (κ1) is 56.1. The number of aryl methyl sites for hydroxylation is 1. The number of halogens is 1. The number of nitrogens with one attached hydrogen (secondary N) is 4. The molecule has 2 atom stereocenters. The summed E-state index contributed by atoms with van der Waals surface area (Å²) in [6.07, 6.45) is 9.65. The molecule has 8 amide bonds. The molecule has 444 valence electrons. The fourth-order valence-corrected chi connectivity index (χ4v) is 14.7. The number of imide groups is 2. The summed E-state index contributed by atoms with van der Waals surface area (Å²) in [5, 5.41) is 11.8. The van der Waals surface area contributed by atoms with Gasteiger partial charge in [-0.2, -0.15) is 0 Å². The van der Waals surface area contributed by atoms with E-state index in [1.165, 1.54) is 31.4 Å². The van der Waals surface area contributed by atoms with Gasteiger partial charge < -0.3 is 40.1 Å². The number of fused-ring (bicyclic) bond motifs is 4. The Hall–Kier alpha value is -8.07. The Balaban J connectivity index is 0.700. The molecular formula is C64H73FN12O8. The summed E-state index contributed by atoms with van der Waals surface area (Å²) in [6, 6.07) is 15.0. The van der Waals surface area contributed by atoms with Gasteiger partial charge in [0, 0.05) is 91.2 Å². The normalized spacial score (nSPS) is 24.7. The van der Waals surface area contributed by atoms with Crippen LogP contribution in [0.1, 0.15) is 153 Å². The minimum Gasteiger partial charge on any atom is -0.382 e. The van der Waals surface area contributed by atoms with E-state index in [9.17, 15) is 33.6 Å². The highest BCUT2D eigenvalue weighted by Gasteiger charge is 2.56. The van der Waals surface area contributed by atoms with Gasteiger partial charge in [0.25, 0.3) is 17.7 Å². The number of nitrogens with zero attached hydrogens (tertiary/aromatic N) is 8. The molecule has 2 aromatic heterocycles. The topological polar surface area (TPSA) is 232 Å². The largest absolute Gasteiger partial charge is 0.382 e. The Morgan fingerprint density at radius 1 is 0.776 bits per heavy atom. The first-order valence-electron chi connectivity index (χ1n) is 30.5. The Morgan fingerprint density at radius 3 is 2.26 bits per heavy atom. The lowest BCUT2D eigenvalue weighted by Gasteiger charge is -2.48. The minimum atomic E-state index is -1.07. The average molecular weight is 1160 g/mol. The van der Waals surface area contributed by atoms with Crippen LogP contribution in [0, 0.1) is 24.6 Å². The standard InChI is InChI=1S/C64H73FN12O8/c1-34(2)67-57(79)44-30-49(46(65)24-36(44)5)70-56-55-50(66-33-75(55)35(3)4)31-48(69-56)37-12-13-45-52(27-37)76(42-28-41(29-42)72-19-7-6-8-20-72)63(85)64(45)17-22-73(23-18-64)59(81)38-16-21-74(32-38)60(82)39-25-40(26-39)68-47-11-9-10-43-54(47)62(84)77(61(43)83)51-14-15-53(78)71-58(51)80/h9-13,24,27,30-31,33-35,38-42,51,68H,6-8,14-23,25-26,28-29,32H2,1-5H3,(H,67,79)(H,69,70)(H,71,78,80)/t38?,39?,40?,41?,42?,51-/m0/s1. The number of rotatable bonds is 13. The van der Waals surface area contributed by atoms with Gasteiger partial charge in [-0.1, -0.05) is 24.6 Å². The number of imidazole rings is 1. The second-order valence-electron chi connectivity index (χ2n) is 25.5. The number of hydrogen-bond donors (Lipinski definition) is 4. The van der Waals surface area contributed by atoms with Gasteiger partial charge in [0.15, 0.2) is 5.82 Å². The van der Waals surface area contributed by atoms with E-state index < -0.39 is 40.9 Å². The van der Waals surface area contributed by atoms with Crippen molar-refractivity contribution in [2.45, 2.75) is 153 Å². The Labute approximate surface area is 492 Å². The van der Waals surface area contributed by atoms with Gasteiger partial charge in [-0.25, -0.2) is 14.4 Å². The number of carbonyl (C=O) groups is 8. The van der Waals surface area contributed by atoms with E-state index in [1.54, 1.807) is 36.4 Å². The first-order valence-corrected chi connectivity index (χ1v) is 30.5. The van der Waals surface area contributed by atoms with Crippen molar-refractivity contribution >= 4 is 81.2 Å². The number of carbonyl (C=O) groups excluding carboxylic acids is 8. The summed E-state index contributed by atoms with van der Waals surface area (Å²) in [6.45, 7) is 13.2. The zero-order chi connectivity index (χ0) is 59.3. The summed E-state index contributed by atoms with van der Waals surface area (Å²) in [5.41, 5.74) is 5.39. The van der Waals surface area contributed by atoms with Crippen LogP contribution >= 0.6 is 0 Å². The predicted molar refractivity (Wildman–Crippen MR) is 316 cm³/mol. The molecule has 4 saturated heterocycles. The summed E-state index contributed by atoms with van der Waals surface area (Å²) >= 11 is 0. The summed E-state index contributed by atoms with van der Waals surface area (Å²) < 4.78 is 17.9. The van der Waals surface area contributed by atoms with Crippen molar-refractivity contribution in [3.05, 3.63) is 94.6 Å². The summed E-state index contributed by atoms with van der Waals surface area (Å²) in [4.78, 5) is 128. The van der Waals surface area contributed by atoms with Crippen LogP contribution in [0.5, 0.6) is 0 Å². The van der Waals surface area contributed by atoms with E-state index in [-0.39, 0.29) is 89.3 Å². The van der Waals surface area contributed by atoms with Crippen molar-refractivity contribution in [2.24, 2.45) is 11.8 Å². The van der Waals surface area contributed by atoms with E-state index in [0.717, 1.165) is 47.6 Å². The number of piperidine rings is 3. The Kier molecular flexibility index (Phi) is 14.4.